The molecule has 41 heavy (non-hydrogen) atoms. The number of benzene rings is 1. The molecule has 3 aromatic rings. The van der Waals surface area contributed by atoms with E-state index < -0.39 is 11.9 Å². The van der Waals surface area contributed by atoms with E-state index in [1.165, 1.54) is 4.52 Å². The second-order valence-electron chi connectivity index (χ2n) is 11.4. The lowest BCUT2D eigenvalue weighted by Gasteiger charge is -2.33. The molecule has 2 aromatic heterocycles. The molecule has 5 rings (SSSR count). The molecule has 1 amide bonds. The van der Waals surface area contributed by atoms with E-state index in [0.717, 1.165) is 30.4 Å². The number of carbonyl (C=O) groups is 3. The van der Waals surface area contributed by atoms with Crippen molar-refractivity contribution in [1.29, 1.82) is 0 Å². The number of ether oxygens (including phenoxy) is 2. The summed E-state index contributed by atoms with van der Waals surface area (Å²) < 4.78 is 12.7. The number of hydrogen-bond acceptors (Lipinski definition) is 6. The van der Waals surface area contributed by atoms with E-state index in [1.807, 2.05) is 31.2 Å². The molecule has 0 bridgehead atoms. The molecule has 1 aliphatic carbocycles. The number of amides is 1. The molecule has 10 nitrogen and oxygen atoms in total. The number of aromatic amines is 1. The fourth-order valence-corrected chi connectivity index (χ4v) is 6.13. The van der Waals surface area contributed by atoms with E-state index in [0.29, 0.717) is 38.4 Å². The molecule has 216 valence electrons. The van der Waals surface area contributed by atoms with Gasteiger partial charge in [0, 0.05) is 18.7 Å². The van der Waals surface area contributed by atoms with Gasteiger partial charge < -0.3 is 14.4 Å². The number of esters is 2. The van der Waals surface area contributed by atoms with Gasteiger partial charge >= 0.3 is 11.9 Å². The maximum Gasteiger partial charge on any atom is 0.331 e. The molecule has 0 spiro atoms. The molecule has 10 heteroatoms. The molecule has 1 aliphatic heterocycles. The smallest absolute Gasteiger partial charge is 0.331 e. The first-order valence-corrected chi connectivity index (χ1v) is 14.5. The van der Waals surface area contributed by atoms with Gasteiger partial charge in [-0.1, -0.05) is 50.1 Å². The number of hydrogen-bond donors (Lipinski definition) is 1. The van der Waals surface area contributed by atoms with Gasteiger partial charge in [0.2, 0.25) is 5.69 Å². The highest BCUT2D eigenvalue weighted by Crippen LogP contribution is 2.37. The van der Waals surface area contributed by atoms with Gasteiger partial charge in [-0.25, -0.2) is 19.1 Å². The van der Waals surface area contributed by atoms with E-state index >= 15 is 0 Å². The van der Waals surface area contributed by atoms with Crippen molar-refractivity contribution >= 4 is 29.2 Å². The summed E-state index contributed by atoms with van der Waals surface area (Å²) in [5.41, 5.74) is 2.04. The third-order valence-electron chi connectivity index (χ3n) is 8.48. The van der Waals surface area contributed by atoms with Gasteiger partial charge in [-0.2, -0.15) is 0 Å². The van der Waals surface area contributed by atoms with Gasteiger partial charge in [0.05, 0.1) is 19.1 Å². The van der Waals surface area contributed by atoms with Crippen LogP contribution in [0.5, 0.6) is 0 Å². The first-order valence-electron chi connectivity index (χ1n) is 14.5. The van der Waals surface area contributed by atoms with Crippen LogP contribution in [-0.2, 0) is 14.3 Å². The normalized spacial score (nSPS) is 21.4. The fraction of sp³-hybridized carbons (Fsp3) is 0.516. The minimum Gasteiger partial charge on any atom is -0.466 e. The van der Waals surface area contributed by atoms with Crippen LogP contribution in [0.2, 0.25) is 0 Å². The summed E-state index contributed by atoms with van der Waals surface area (Å²) in [5, 5.41) is 3.17. The Morgan fingerprint density at radius 3 is 2.34 bits per heavy atom. The zero-order valence-corrected chi connectivity index (χ0v) is 24.1. The van der Waals surface area contributed by atoms with Crippen LogP contribution in [0.15, 0.2) is 24.3 Å². The Morgan fingerprint density at radius 1 is 1.07 bits per heavy atom. The van der Waals surface area contributed by atoms with Gasteiger partial charge in [-0.15, -0.1) is 0 Å². The van der Waals surface area contributed by atoms with Crippen molar-refractivity contribution in [2.45, 2.75) is 65.9 Å². The van der Waals surface area contributed by atoms with Crippen molar-refractivity contribution in [1.82, 2.24) is 19.5 Å². The molecular weight excluding hydrogens is 522 g/mol. The lowest BCUT2D eigenvalue weighted by molar-refractivity contribution is -0.149. The van der Waals surface area contributed by atoms with Crippen LogP contribution in [0, 0.1) is 31.2 Å². The van der Waals surface area contributed by atoms with E-state index in [9.17, 15) is 14.4 Å². The van der Waals surface area contributed by atoms with Gasteiger partial charge in [-0.05, 0) is 51.4 Å². The van der Waals surface area contributed by atoms with Crippen LogP contribution in [0.3, 0.4) is 0 Å². The third-order valence-corrected chi connectivity index (χ3v) is 8.48. The predicted molar refractivity (Wildman–Crippen MR) is 153 cm³/mol. The average molecular weight is 560 g/mol. The molecule has 1 N–H and O–H groups in total. The Kier molecular flexibility index (Phi) is 8.15. The molecular formula is C31H37N5O5. The Balaban J connectivity index is 1.54. The van der Waals surface area contributed by atoms with Gasteiger partial charge in [-0.3, -0.25) is 14.7 Å². The van der Waals surface area contributed by atoms with E-state index in [-0.39, 0.29) is 52.4 Å². The number of aromatic nitrogens is 3. The second kappa shape index (κ2) is 11.8. The highest BCUT2D eigenvalue weighted by molar-refractivity contribution is 6.11. The van der Waals surface area contributed by atoms with Crippen molar-refractivity contribution < 1.29 is 23.9 Å². The molecule has 1 saturated heterocycles. The highest BCUT2D eigenvalue weighted by Gasteiger charge is 2.38. The molecule has 3 heterocycles. The van der Waals surface area contributed by atoms with Gasteiger partial charge in [0.15, 0.2) is 11.5 Å². The summed E-state index contributed by atoms with van der Waals surface area (Å²) in [4.78, 5) is 50.0. The third kappa shape index (κ3) is 5.45. The van der Waals surface area contributed by atoms with Crippen LogP contribution in [0.1, 0.15) is 79.3 Å². The zero-order valence-electron chi connectivity index (χ0n) is 24.1. The summed E-state index contributed by atoms with van der Waals surface area (Å²) in [6.45, 7) is 16.9. The van der Waals surface area contributed by atoms with E-state index in [1.54, 1.807) is 11.8 Å². The summed E-state index contributed by atoms with van der Waals surface area (Å²) in [7, 11) is 0. The van der Waals surface area contributed by atoms with Crippen LogP contribution in [-0.4, -0.2) is 63.1 Å². The number of rotatable bonds is 6. The number of aryl methyl sites for hydroxylation is 1. The SMILES string of the molecule is [C-]#[N+]c1c(C(=O)OC2C(C)CCCC2C)c2nc(-c3ccc(C)cc3)[nH]n2c1C(=O)N1CCC(C(=O)OCC)CC1. The summed E-state index contributed by atoms with van der Waals surface area (Å²) in [6.07, 6.45) is 3.68. The molecule has 1 saturated carbocycles. The zero-order chi connectivity index (χ0) is 29.3. The van der Waals surface area contributed by atoms with Crippen LogP contribution in [0.4, 0.5) is 5.69 Å². The summed E-state index contributed by atoms with van der Waals surface area (Å²) in [5.74, 6) is -0.689. The van der Waals surface area contributed by atoms with Crippen LogP contribution >= 0.6 is 0 Å². The monoisotopic (exact) mass is 559 g/mol. The van der Waals surface area contributed by atoms with E-state index in [2.05, 4.69) is 23.8 Å². The second-order valence-corrected chi connectivity index (χ2v) is 11.4. The van der Waals surface area contributed by atoms with Crippen molar-refractivity contribution in [3.8, 4) is 11.4 Å². The number of nitrogens with one attached hydrogen (secondary N) is 1. The average Bonchev–Trinajstić information content (AvgIpc) is 3.52. The van der Waals surface area contributed by atoms with Crippen molar-refractivity contribution in [3.05, 3.63) is 52.5 Å². The lowest BCUT2D eigenvalue weighted by atomic mass is 9.80. The number of piperidine rings is 1. The topological polar surface area (TPSA) is 110 Å². The highest BCUT2D eigenvalue weighted by atomic mass is 16.5. The summed E-state index contributed by atoms with van der Waals surface area (Å²) >= 11 is 0. The standard InChI is InChI=1S/C31H37N5O5/c1-6-40-30(38)22-14-16-35(17-15-22)29(37)25-24(32-5)23(31(39)41-26-19(3)8-7-9-20(26)4)28-33-27(34-36(25)28)21-12-10-18(2)11-13-21/h10-13,19-20,22,26H,6-9,14-17H2,1-4H3,(H,33,34). The van der Waals surface area contributed by atoms with Crippen molar-refractivity contribution in [2.24, 2.45) is 17.8 Å². The van der Waals surface area contributed by atoms with Crippen LogP contribution < -0.4 is 0 Å². The number of fused-ring (bicyclic) bond motifs is 1. The minimum atomic E-state index is -0.638. The molecule has 1 aromatic carbocycles. The first kappa shape index (κ1) is 28.4. The van der Waals surface area contributed by atoms with E-state index in [4.69, 9.17) is 21.0 Å². The first-order chi connectivity index (χ1) is 19.7. The number of likely N-dealkylation sites (tertiary alicyclic amines) is 1. The molecule has 2 aliphatic rings. The van der Waals surface area contributed by atoms with Gasteiger partial charge in [0.25, 0.3) is 5.91 Å². The Bertz CT molecular complexity index is 1480. The quantitative estimate of drug-likeness (QED) is 0.312. The predicted octanol–water partition coefficient (Wildman–Crippen LogP) is 5.59. The number of nitrogens with zero attached hydrogens (tertiary/aromatic N) is 4. The minimum absolute atomic E-state index is 0.00402. The summed E-state index contributed by atoms with van der Waals surface area (Å²) in [6, 6.07) is 7.74. The maximum absolute atomic E-state index is 14.0. The Morgan fingerprint density at radius 2 is 1.73 bits per heavy atom. The Hall–Kier alpha value is -4.13. The van der Waals surface area contributed by atoms with Crippen molar-refractivity contribution in [2.75, 3.05) is 19.7 Å². The fourth-order valence-electron chi connectivity index (χ4n) is 6.13. The number of carbonyl (C=O) groups excluding carboxylic acids is 3. The largest absolute Gasteiger partial charge is 0.466 e. The number of H-pyrrole nitrogens is 1. The van der Waals surface area contributed by atoms with Crippen molar-refractivity contribution in [3.63, 3.8) is 0 Å². The molecule has 0 radical (unpaired) electrons. The maximum atomic E-state index is 14.0. The lowest BCUT2D eigenvalue weighted by Crippen LogP contribution is -2.41. The molecule has 2 atom stereocenters. The van der Waals surface area contributed by atoms with Crippen LogP contribution in [0.25, 0.3) is 21.9 Å². The van der Waals surface area contributed by atoms with Gasteiger partial charge in [0.1, 0.15) is 17.4 Å². The molecule has 2 unspecified atom stereocenters. The Labute approximate surface area is 239 Å². The molecule has 2 fully saturated rings.